The Kier molecular flexibility index (Phi) is 5.57. The van der Waals surface area contributed by atoms with Crippen LogP contribution >= 0.6 is 0 Å². The van der Waals surface area contributed by atoms with Gasteiger partial charge in [0.2, 0.25) is 0 Å². The Balaban J connectivity index is 1.71. The number of rotatable bonds is 6. The number of carbonyl (C=O) groups excluding carboxylic acids is 1. The van der Waals surface area contributed by atoms with E-state index in [4.69, 9.17) is 9.57 Å². The summed E-state index contributed by atoms with van der Waals surface area (Å²) in [7, 11) is -3.99. The van der Waals surface area contributed by atoms with Crippen molar-refractivity contribution >= 4 is 38.4 Å². The molecular weight excluding hydrogens is 428 g/mol. The third kappa shape index (κ3) is 3.94. The third-order valence-corrected chi connectivity index (χ3v) is 6.59. The molecule has 0 aliphatic carbocycles. The van der Waals surface area contributed by atoms with Gasteiger partial charge in [-0.15, -0.1) is 0 Å². The molecule has 4 rings (SSSR count). The molecule has 0 saturated carbocycles. The monoisotopic (exact) mass is 446 g/mol. The van der Waals surface area contributed by atoms with Gasteiger partial charge in [0.05, 0.1) is 27.7 Å². The van der Waals surface area contributed by atoms with E-state index in [-0.39, 0.29) is 28.2 Å². The number of nitro groups is 1. The summed E-state index contributed by atoms with van der Waals surface area (Å²) in [5, 5.41) is 11.6. The molecule has 1 N–H and O–H groups in total. The van der Waals surface area contributed by atoms with E-state index < -0.39 is 32.5 Å². The number of fused-ring (bicyclic) bond motifs is 1. The Morgan fingerprint density at radius 2 is 2.06 bits per heavy atom. The summed E-state index contributed by atoms with van der Waals surface area (Å²) in [6, 6.07) is 9.06. The predicted octanol–water partition coefficient (Wildman–Crippen LogP) is 2.48. The first-order valence-electron chi connectivity index (χ1n) is 9.39. The van der Waals surface area contributed by atoms with Crippen molar-refractivity contribution in [2.45, 2.75) is 17.7 Å². The molecule has 31 heavy (non-hydrogen) atoms. The molecule has 162 valence electrons. The average Bonchev–Trinajstić information content (AvgIpc) is 3.23. The lowest BCUT2D eigenvalue weighted by Gasteiger charge is -2.20. The van der Waals surface area contributed by atoms with Gasteiger partial charge in [-0.2, -0.15) is 0 Å². The molecule has 1 aliphatic heterocycles. The van der Waals surface area contributed by atoms with Gasteiger partial charge in [-0.3, -0.25) is 10.1 Å². The normalized spacial score (nSPS) is 16.7. The van der Waals surface area contributed by atoms with Crippen LogP contribution in [-0.4, -0.2) is 41.5 Å². The molecule has 3 heterocycles. The second-order valence-corrected chi connectivity index (χ2v) is 8.69. The molecule has 11 nitrogen and oxygen atoms in total. The van der Waals surface area contributed by atoms with Crippen molar-refractivity contribution in [3.8, 4) is 0 Å². The molecule has 1 saturated heterocycles. The fourth-order valence-corrected chi connectivity index (χ4v) is 4.63. The number of hydrogen-bond donors (Lipinski definition) is 1. The molecule has 0 spiro atoms. The van der Waals surface area contributed by atoms with Crippen LogP contribution in [0.2, 0.25) is 0 Å². The Hall–Kier alpha value is -3.51. The summed E-state index contributed by atoms with van der Waals surface area (Å²) in [6.45, 7) is 0.775. The molecule has 3 aromatic rings. The van der Waals surface area contributed by atoms with Gasteiger partial charge in [0.15, 0.2) is 11.3 Å². The summed E-state index contributed by atoms with van der Waals surface area (Å²) in [5.41, 5.74) is 1.67. The van der Waals surface area contributed by atoms with E-state index in [1.54, 1.807) is 18.2 Å². The zero-order chi connectivity index (χ0) is 22.0. The standard InChI is InChI=1S/C19H18N4O7S/c24-19(13-5-4-10-29-12-13)30-21-17-15-8-9-22(18(15)20-11-16(17)23(25)26)31(27,28)14-6-2-1-3-7-14/h1-3,6-9,11,13H,4-5,10,12H2,(H,20,21). The molecule has 0 radical (unpaired) electrons. The molecule has 1 atom stereocenters. The number of pyridine rings is 1. The van der Waals surface area contributed by atoms with Crippen LogP contribution in [0.5, 0.6) is 0 Å². The maximum absolute atomic E-state index is 13.0. The van der Waals surface area contributed by atoms with Crippen LogP contribution in [0.4, 0.5) is 11.4 Å². The van der Waals surface area contributed by atoms with Crippen LogP contribution in [0.3, 0.4) is 0 Å². The number of hydrogen-bond acceptors (Lipinski definition) is 9. The lowest BCUT2D eigenvalue weighted by Crippen LogP contribution is -2.28. The van der Waals surface area contributed by atoms with Crippen molar-refractivity contribution in [2.24, 2.45) is 5.92 Å². The van der Waals surface area contributed by atoms with Gasteiger partial charge in [0.25, 0.3) is 10.0 Å². The van der Waals surface area contributed by atoms with E-state index in [1.807, 2.05) is 0 Å². The summed E-state index contributed by atoms with van der Waals surface area (Å²) < 4.78 is 32.1. The quantitative estimate of drug-likeness (QED) is 0.446. The van der Waals surface area contributed by atoms with E-state index in [2.05, 4.69) is 10.5 Å². The maximum atomic E-state index is 13.0. The molecule has 1 fully saturated rings. The Labute approximate surface area is 176 Å². The third-order valence-electron chi connectivity index (χ3n) is 4.90. The minimum Gasteiger partial charge on any atom is -0.381 e. The summed E-state index contributed by atoms with van der Waals surface area (Å²) in [4.78, 5) is 32.2. The van der Waals surface area contributed by atoms with Gasteiger partial charge in [0, 0.05) is 12.8 Å². The van der Waals surface area contributed by atoms with Crippen LogP contribution in [0, 0.1) is 16.0 Å². The summed E-state index contributed by atoms with van der Waals surface area (Å²) in [5.74, 6) is -1.10. The van der Waals surface area contributed by atoms with Crippen molar-refractivity contribution in [1.29, 1.82) is 0 Å². The van der Waals surface area contributed by atoms with E-state index in [1.165, 1.54) is 24.4 Å². The summed E-state index contributed by atoms with van der Waals surface area (Å²) >= 11 is 0. The Morgan fingerprint density at radius 3 is 2.74 bits per heavy atom. The van der Waals surface area contributed by atoms with Gasteiger partial charge in [-0.1, -0.05) is 18.2 Å². The predicted molar refractivity (Wildman–Crippen MR) is 109 cm³/mol. The van der Waals surface area contributed by atoms with Gasteiger partial charge in [-0.05, 0) is 31.0 Å². The van der Waals surface area contributed by atoms with E-state index in [0.29, 0.717) is 19.4 Å². The highest BCUT2D eigenvalue weighted by Gasteiger charge is 2.28. The molecule has 1 aromatic carbocycles. The van der Waals surface area contributed by atoms with Crippen LogP contribution in [-0.2, 0) is 24.4 Å². The number of carbonyl (C=O) groups is 1. The van der Waals surface area contributed by atoms with Crippen LogP contribution in [0.1, 0.15) is 12.8 Å². The van der Waals surface area contributed by atoms with E-state index >= 15 is 0 Å². The van der Waals surface area contributed by atoms with Gasteiger partial charge in [0.1, 0.15) is 6.20 Å². The highest BCUT2D eigenvalue weighted by Crippen LogP contribution is 2.33. The zero-order valence-electron chi connectivity index (χ0n) is 16.1. The number of ether oxygens (including phenoxy) is 1. The molecular formula is C19H18N4O7S. The molecule has 2 aromatic heterocycles. The van der Waals surface area contributed by atoms with Gasteiger partial charge in [-0.25, -0.2) is 27.6 Å². The van der Waals surface area contributed by atoms with Crippen molar-refractivity contribution < 1.29 is 27.7 Å². The van der Waals surface area contributed by atoms with Crippen LogP contribution in [0.15, 0.2) is 53.7 Å². The van der Waals surface area contributed by atoms with Gasteiger partial charge >= 0.3 is 11.7 Å². The largest absolute Gasteiger partial charge is 0.381 e. The second-order valence-electron chi connectivity index (χ2n) is 6.88. The Morgan fingerprint density at radius 1 is 1.29 bits per heavy atom. The Bertz CT molecular complexity index is 1230. The highest BCUT2D eigenvalue weighted by atomic mass is 32.2. The van der Waals surface area contributed by atoms with Crippen LogP contribution in [0.25, 0.3) is 11.0 Å². The minimum atomic E-state index is -3.99. The highest BCUT2D eigenvalue weighted by molar-refractivity contribution is 7.90. The number of benzene rings is 1. The lowest BCUT2D eigenvalue weighted by atomic mass is 10.0. The first kappa shape index (κ1) is 20.8. The zero-order valence-corrected chi connectivity index (χ0v) is 16.9. The minimum absolute atomic E-state index is 0.0332. The fraction of sp³-hybridized carbons (Fsp3) is 0.263. The number of nitrogens with one attached hydrogen (secondary N) is 1. The fourth-order valence-electron chi connectivity index (χ4n) is 3.31. The first-order valence-corrected chi connectivity index (χ1v) is 10.8. The SMILES string of the molecule is O=C(ONc1c([N+](=O)[O-])cnc2c1ccn2S(=O)(=O)c1ccccc1)C1CCCOC1. The molecule has 0 bridgehead atoms. The second kappa shape index (κ2) is 8.32. The number of nitrogens with zero attached hydrogens (tertiary/aromatic N) is 3. The average molecular weight is 446 g/mol. The van der Waals surface area contributed by atoms with Gasteiger partial charge < -0.3 is 9.57 Å². The first-order chi connectivity index (χ1) is 14.9. The van der Waals surface area contributed by atoms with E-state index in [0.717, 1.165) is 10.2 Å². The number of aromatic nitrogens is 2. The molecule has 1 unspecified atom stereocenters. The van der Waals surface area contributed by atoms with Crippen LogP contribution < -0.4 is 5.48 Å². The summed E-state index contributed by atoms with van der Waals surface area (Å²) in [6.07, 6.45) is 3.45. The van der Waals surface area contributed by atoms with Crippen molar-refractivity contribution in [1.82, 2.24) is 8.96 Å². The molecule has 1 aliphatic rings. The van der Waals surface area contributed by atoms with Crippen molar-refractivity contribution in [3.05, 3.63) is 58.9 Å². The maximum Gasteiger partial charge on any atom is 0.337 e. The topological polar surface area (TPSA) is 143 Å². The van der Waals surface area contributed by atoms with E-state index in [9.17, 15) is 23.3 Å². The van der Waals surface area contributed by atoms with Crippen molar-refractivity contribution in [2.75, 3.05) is 18.7 Å². The number of anilines is 1. The lowest BCUT2D eigenvalue weighted by molar-refractivity contribution is -0.384. The smallest absolute Gasteiger partial charge is 0.337 e. The molecule has 0 amide bonds. The molecule has 12 heteroatoms. The van der Waals surface area contributed by atoms with Crippen molar-refractivity contribution in [3.63, 3.8) is 0 Å².